The van der Waals surface area contributed by atoms with E-state index in [0.717, 1.165) is 28.9 Å². The lowest BCUT2D eigenvalue weighted by molar-refractivity contribution is -0.119. The topological polar surface area (TPSA) is 71.5 Å². The Bertz CT molecular complexity index is 788. The van der Waals surface area contributed by atoms with E-state index >= 15 is 0 Å². The fourth-order valence-electron chi connectivity index (χ4n) is 2.55. The van der Waals surface area contributed by atoms with E-state index in [9.17, 15) is 9.59 Å². The molecule has 0 spiro atoms. The molecule has 6 nitrogen and oxygen atoms in total. The third-order valence-corrected chi connectivity index (χ3v) is 4.98. The number of ether oxygens (including phenoxy) is 1. The first-order valence-corrected chi connectivity index (χ1v) is 8.95. The van der Waals surface area contributed by atoms with Gasteiger partial charge < -0.3 is 9.64 Å². The lowest BCUT2D eigenvalue weighted by atomic mass is 9.80. The summed E-state index contributed by atoms with van der Waals surface area (Å²) in [5.74, 6) is 1.17. The molecule has 1 fully saturated rings. The Hall–Kier alpha value is -2.48. The maximum absolute atomic E-state index is 11.8. The van der Waals surface area contributed by atoms with Crippen molar-refractivity contribution in [2.75, 3.05) is 25.1 Å². The molecule has 1 aliphatic rings. The molecule has 0 unspecified atom stereocenters. The predicted molar refractivity (Wildman–Crippen MR) is 103 cm³/mol. The molecule has 26 heavy (non-hydrogen) atoms. The van der Waals surface area contributed by atoms with Crippen molar-refractivity contribution in [3.05, 3.63) is 54.2 Å². The van der Waals surface area contributed by atoms with Crippen molar-refractivity contribution in [3.8, 4) is 5.75 Å². The number of aromatic nitrogens is 1. The van der Waals surface area contributed by atoms with Gasteiger partial charge in [0.15, 0.2) is 0 Å². The number of hydrogen-bond donors (Lipinski definition) is 1. The second-order valence-corrected chi connectivity index (χ2v) is 7.32. The molecule has 1 saturated heterocycles. The molecule has 2 amide bonds. The zero-order valence-corrected chi connectivity index (χ0v) is 15.2. The molecule has 1 aliphatic heterocycles. The van der Waals surface area contributed by atoms with E-state index in [4.69, 9.17) is 12.6 Å². The molecule has 0 aliphatic carbocycles. The lowest BCUT2D eigenvalue weighted by Crippen LogP contribution is -2.38. The minimum absolute atomic E-state index is 0.276. The van der Waals surface area contributed by atoms with E-state index in [1.54, 1.807) is 6.20 Å². The molecule has 1 aromatic carbocycles. The number of hydrogen-bond acceptors (Lipinski definition) is 6. The number of anilines is 1. The molecular weight excluding hydrogens is 349 g/mol. The van der Waals surface area contributed by atoms with Crippen LogP contribution in [0.5, 0.6) is 5.75 Å². The van der Waals surface area contributed by atoms with E-state index in [1.807, 2.05) is 54.4 Å². The maximum atomic E-state index is 11.8. The quantitative estimate of drug-likeness (QED) is 0.755. The van der Waals surface area contributed by atoms with Crippen molar-refractivity contribution in [2.45, 2.75) is 11.1 Å². The number of amides is 2. The van der Waals surface area contributed by atoms with Gasteiger partial charge in [-0.05, 0) is 36.2 Å². The Morgan fingerprint density at radius 1 is 1.23 bits per heavy atom. The molecule has 2 heterocycles. The van der Waals surface area contributed by atoms with Gasteiger partial charge in [-0.3, -0.25) is 14.9 Å². The Balaban J connectivity index is 1.50. The zero-order valence-electron chi connectivity index (χ0n) is 14.3. The number of pyridine rings is 1. The van der Waals surface area contributed by atoms with E-state index in [-0.39, 0.29) is 6.42 Å². The highest BCUT2D eigenvalue weighted by Crippen LogP contribution is 2.32. The van der Waals surface area contributed by atoms with Crippen molar-refractivity contribution in [3.63, 3.8) is 0 Å². The third kappa shape index (κ3) is 4.38. The van der Waals surface area contributed by atoms with Gasteiger partial charge in [-0.15, -0.1) is 0 Å². The summed E-state index contributed by atoms with van der Waals surface area (Å²) < 4.78 is 4.50. The van der Waals surface area contributed by atoms with Crippen LogP contribution in [0.1, 0.15) is 5.56 Å². The second kappa shape index (κ2) is 7.82. The van der Waals surface area contributed by atoms with Crippen LogP contribution in [-0.2, 0) is 11.2 Å². The largest absolute Gasteiger partial charge is 0.492 e. The van der Waals surface area contributed by atoms with Crippen molar-refractivity contribution in [2.24, 2.45) is 0 Å². The average molecular weight is 367 g/mol. The highest BCUT2D eigenvalue weighted by molar-refractivity contribution is 8.17. The van der Waals surface area contributed by atoms with Crippen molar-refractivity contribution < 1.29 is 14.3 Å². The number of benzene rings is 1. The molecule has 1 N–H and O–H groups in total. The van der Waals surface area contributed by atoms with E-state index < -0.39 is 15.8 Å². The molecule has 0 bridgehead atoms. The summed E-state index contributed by atoms with van der Waals surface area (Å²) in [6.07, 6.45) is 2.03. The van der Waals surface area contributed by atoms with Gasteiger partial charge in [0.05, 0.1) is 11.2 Å². The summed E-state index contributed by atoms with van der Waals surface area (Å²) in [4.78, 5) is 29.4. The highest BCUT2D eigenvalue weighted by atomic mass is 32.2. The van der Waals surface area contributed by atoms with Gasteiger partial charge in [0.2, 0.25) is 5.91 Å². The predicted octanol–water partition coefficient (Wildman–Crippen LogP) is 1.99. The first-order chi connectivity index (χ1) is 12.5. The van der Waals surface area contributed by atoms with Crippen LogP contribution in [0.25, 0.3) is 0 Å². The number of nitrogens with zero attached hydrogens (tertiary/aromatic N) is 2. The lowest BCUT2D eigenvalue weighted by Gasteiger charge is -2.19. The smallest absolute Gasteiger partial charge is 0.285 e. The van der Waals surface area contributed by atoms with Crippen LogP contribution >= 0.6 is 11.8 Å². The van der Waals surface area contributed by atoms with Crippen LogP contribution in [0.4, 0.5) is 10.6 Å². The fraction of sp³-hybridized carbons (Fsp3) is 0.278. The van der Waals surface area contributed by atoms with Gasteiger partial charge in [-0.25, -0.2) is 4.98 Å². The summed E-state index contributed by atoms with van der Waals surface area (Å²) in [5.41, 5.74) is 0.864. The molecule has 0 saturated carbocycles. The minimum atomic E-state index is -1.25. The van der Waals surface area contributed by atoms with Gasteiger partial charge >= 0.3 is 0 Å². The van der Waals surface area contributed by atoms with Crippen molar-refractivity contribution >= 4 is 36.6 Å². The van der Waals surface area contributed by atoms with Crippen LogP contribution in [0.2, 0.25) is 0 Å². The molecule has 8 heteroatoms. The average Bonchev–Trinajstić information content (AvgIpc) is 2.88. The van der Waals surface area contributed by atoms with Crippen molar-refractivity contribution in [1.29, 1.82) is 0 Å². The Morgan fingerprint density at radius 2 is 2.00 bits per heavy atom. The van der Waals surface area contributed by atoms with Gasteiger partial charge in [0.1, 0.15) is 26.0 Å². The molecule has 1 atom stereocenters. The minimum Gasteiger partial charge on any atom is -0.492 e. The normalized spacial score (nSPS) is 19.3. The van der Waals surface area contributed by atoms with Crippen LogP contribution in [-0.4, -0.2) is 48.8 Å². The SMILES string of the molecule is [B][C@@]1(Cc2ccc(OCCN(C)c3ccccn3)cc2)SC(=O)NC1=O. The summed E-state index contributed by atoms with van der Waals surface area (Å²) in [6, 6.07) is 13.1. The summed E-state index contributed by atoms with van der Waals surface area (Å²) in [6.45, 7) is 1.21. The molecular formula is C18H18BN3O3S. The number of thioether (sulfide) groups is 1. The van der Waals surface area contributed by atoms with Crippen LogP contribution in [0.3, 0.4) is 0 Å². The van der Waals surface area contributed by atoms with E-state index in [2.05, 4.69) is 10.3 Å². The molecule has 1 aromatic heterocycles. The third-order valence-electron chi connectivity index (χ3n) is 4.00. The van der Waals surface area contributed by atoms with Crippen LogP contribution in [0.15, 0.2) is 48.7 Å². The summed E-state index contributed by atoms with van der Waals surface area (Å²) >= 11 is 0.826. The summed E-state index contributed by atoms with van der Waals surface area (Å²) in [5, 5.41) is 1.81. The Labute approximate surface area is 157 Å². The molecule has 2 radical (unpaired) electrons. The maximum Gasteiger partial charge on any atom is 0.285 e. The van der Waals surface area contributed by atoms with Crippen LogP contribution < -0.4 is 15.0 Å². The number of imide groups is 1. The van der Waals surface area contributed by atoms with Gasteiger partial charge in [-0.2, -0.15) is 0 Å². The number of rotatable bonds is 7. The monoisotopic (exact) mass is 367 g/mol. The first kappa shape index (κ1) is 18.3. The van der Waals surface area contributed by atoms with Crippen LogP contribution in [0, 0.1) is 0 Å². The Morgan fingerprint density at radius 3 is 2.62 bits per heavy atom. The molecule has 3 rings (SSSR count). The fourth-order valence-corrected chi connectivity index (χ4v) is 3.41. The molecule has 2 aromatic rings. The standard InChI is InChI=1S/C18H18BN3O3S/c1-22(15-4-2-3-9-20-15)10-11-25-14-7-5-13(6-8-14)12-18(19)16(23)21-17(24)26-18/h2-9H,10-12H2,1H3,(H,21,23,24)/t18-/m0/s1. The number of nitrogens with one attached hydrogen (secondary N) is 1. The van der Waals surface area contributed by atoms with Crippen molar-refractivity contribution in [1.82, 2.24) is 10.3 Å². The van der Waals surface area contributed by atoms with Gasteiger partial charge in [0.25, 0.3) is 5.24 Å². The number of carbonyl (C=O) groups is 2. The van der Waals surface area contributed by atoms with Gasteiger partial charge in [-0.1, -0.05) is 30.0 Å². The van der Waals surface area contributed by atoms with E-state index in [0.29, 0.717) is 13.2 Å². The second-order valence-electron chi connectivity index (χ2n) is 6.01. The van der Waals surface area contributed by atoms with E-state index in [1.165, 1.54) is 0 Å². The molecule has 132 valence electrons. The Kier molecular flexibility index (Phi) is 5.51. The number of carbonyl (C=O) groups excluding carboxylic acids is 2. The first-order valence-electron chi connectivity index (χ1n) is 8.13. The highest BCUT2D eigenvalue weighted by Gasteiger charge is 2.42. The van der Waals surface area contributed by atoms with Gasteiger partial charge in [0, 0.05) is 13.2 Å². The summed E-state index contributed by atoms with van der Waals surface area (Å²) in [7, 11) is 7.98. The zero-order chi connectivity index (χ0) is 18.6. The number of likely N-dealkylation sites (N-methyl/N-ethyl adjacent to an activating group) is 1.